The van der Waals surface area contributed by atoms with Gasteiger partial charge < -0.3 is 9.30 Å². The Labute approximate surface area is 101 Å². The lowest BCUT2D eigenvalue weighted by Gasteiger charge is -2.17. The smallest absolute Gasteiger partial charge is 0.333 e. The topological polar surface area (TPSA) is 31.2 Å². The molecule has 3 nitrogen and oxygen atoms in total. The number of rotatable bonds is 4. The SMILES string of the molecule is CCOC(=O)[C@@H](c1ccccc1)n1cccc1. The first kappa shape index (κ1) is 11.5. The van der Waals surface area contributed by atoms with E-state index in [0.29, 0.717) is 6.61 Å². The van der Waals surface area contributed by atoms with Crippen molar-refractivity contribution in [3.05, 3.63) is 60.4 Å². The largest absolute Gasteiger partial charge is 0.464 e. The minimum Gasteiger partial charge on any atom is -0.464 e. The zero-order chi connectivity index (χ0) is 12.1. The van der Waals surface area contributed by atoms with Crippen molar-refractivity contribution in [2.24, 2.45) is 0 Å². The summed E-state index contributed by atoms with van der Waals surface area (Å²) in [6, 6.07) is 13.0. The zero-order valence-electron chi connectivity index (χ0n) is 9.74. The second-order valence-electron chi connectivity index (χ2n) is 3.70. The maximum absolute atomic E-state index is 12.0. The first-order chi connectivity index (χ1) is 8.33. The molecule has 0 amide bonds. The summed E-state index contributed by atoms with van der Waals surface area (Å²) in [6.07, 6.45) is 3.74. The van der Waals surface area contributed by atoms with Gasteiger partial charge in [-0.2, -0.15) is 0 Å². The molecule has 17 heavy (non-hydrogen) atoms. The van der Waals surface area contributed by atoms with Gasteiger partial charge in [0, 0.05) is 12.4 Å². The van der Waals surface area contributed by atoms with Gasteiger partial charge in [0.2, 0.25) is 0 Å². The van der Waals surface area contributed by atoms with Crippen LogP contribution in [-0.4, -0.2) is 17.1 Å². The lowest BCUT2D eigenvalue weighted by molar-refractivity contribution is -0.145. The van der Waals surface area contributed by atoms with Crippen LogP contribution in [0, 0.1) is 0 Å². The summed E-state index contributed by atoms with van der Waals surface area (Å²) in [5, 5.41) is 0. The molecule has 0 aliphatic heterocycles. The van der Waals surface area contributed by atoms with Gasteiger partial charge in [0.05, 0.1) is 6.61 Å². The molecule has 0 spiro atoms. The van der Waals surface area contributed by atoms with Gasteiger partial charge in [-0.1, -0.05) is 30.3 Å². The Morgan fingerprint density at radius 3 is 2.41 bits per heavy atom. The molecule has 0 unspecified atom stereocenters. The predicted molar refractivity (Wildman–Crippen MR) is 65.6 cm³/mol. The molecule has 0 bridgehead atoms. The van der Waals surface area contributed by atoms with Crippen molar-refractivity contribution in [1.29, 1.82) is 0 Å². The minimum atomic E-state index is -0.397. The van der Waals surface area contributed by atoms with E-state index in [1.165, 1.54) is 0 Å². The van der Waals surface area contributed by atoms with Crippen LogP contribution in [0.25, 0.3) is 0 Å². The molecule has 3 heteroatoms. The van der Waals surface area contributed by atoms with Gasteiger partial charge >= 0.3 is 5.97 Å². The molecule has 0 aliphatic carbocycles. The molecular formula is C14H15NO2. The number of carbonyl (C=O) groups is 1. The molecule has 0 aliphatic rings. The molecule has 1 atom stereocenters. The van der Waals surface area contributed by atoms with Gasteiger partial charge in [-0.3, -0.25) is 0 Å². The van der Waals surface area contributed by atoms with Crippen LogP contribution in [0.5, 0.6) is 0 Å². The quantitative estimate of drug-likeness (QED) is 0.755. The Kier molecular flexibility index (Phi) is 3.60. The molecule has 1 aromatic heterocycles. The second kappa shape index (κ2) is 5.34. The van der Waals surface area contributed by atoms with Crippen LogP contribution in [0.3, 0.4) is 0 Å². The van der Waals surface area contributed by atoms with E-state index in [0.717, 1.165) is 5.56 Å². The Hall–Kier alpha value is -2.03. The Balaban J connectivity index is 2.35. The summed E-state index contributed by atoms with van der Waals surface area (Å²) in [4.78, 5) is 12.0. The standard InChI is InChI=1S/C14H15NO2/c1-2-17-14(16)13(15-10-6-7-11-15)12-8-4-3-5-9-12/h3-11,13H,2H2,1H3/t13-/m1/s1. The highest BCUT2D eigenvalue weighted by molar-refractivity contribution is 5.78. The van der Waals surface area contributed by atoms with Crippen molar-refractivity contribution in [2.75, 3.05) is 6.61 Å². The molecule has 2 rings (SSSR count). The predicted octanol–water partition coefficient (Wildman–Crippen LogP) is 2.64. The third-order valence-corrected chi connectivity index (χ3v) is 2.55. The van der Waals surface area contributed by atoms with Crippen LogP contribution in [-0.2, 0) is 9.53 Å². The van der Waals surface area contributed by atoms with E-state index in [-0.39, 0.29) is 5.97 Å². The number of benzene rings is 1. The summed E-state index contributed by atoms with van der Waals surface area (Å²) in [5.74, 6) is -0.227. The first-order valence-corrected chi connectivity index (χ1v) is 5.67. The number of carbonyl (C=O) groups excluding carboxylic acids is 1. The maximum atomic E-state index is 12.0. The van der Waals surface area contributed by atoms with E-state index in [9.17, 15) is 4.79 Å². The number of aromatic nitrogens is 1. The van der Waals surface area contributed by atoms with Crippen molar-refractivity contribution in [3.8, 4) is 0 Å². The highest BCUT2D eigenvalue weighted by atomic mass is 16.5. The van der Waals surface area contributed by atoms with Crippen molar-refractivity contribution < 1.29 is 9.53 Å². The van der Waals surface area contributed by atoms with Crippen LogP contribution in [0.4, 0.5) is 0 Å². The fraction of sp³-hybridized carbons (Fsp3) is 0.214. The molecule has 1 aromatic carbocycles. The van der Waals surface area contributed by atoms with Gasteiger partial charge in [-0.15, -0.1) is 0 Å². The average Bonchev–Trinajstić information content (AvgIpc) is 2.85. The molecule has 0 fully saturated rings. The molecule has 0 saturated carbocycles. The van der Waals surface area contributed by atoms with E-state index in [4.69, 9.17) is 4.74 Å². The third-order valence-electron chi connectivity index (χ3n) is 2.55. The molecule has 0 saturated heterocycles. The van der Waals surface area contributed by atoms with E-state index in [1.54, 1.807) is 0 Å². The summed E-state index contributed by atoms with van der Waals surface area (Å²) in [5.41, 5.74) is 0.933. The lowest BCUT2D eigenvalue weighted by atomic mass is 10.1. The van der Waals surface area contributed by atoms with E-state index in [1.807, 2.05) is 66.3 Å². The third kappa shape index (κ3) is 2.56. The minimum absolute atomic E-state index is 0.227. The summed E-state index contributed by atoms with van der Waals surface area (Å²) in [7, 11) is 0. The Morgan fingerprint density at radius 1 is 1.18 bits per heavy atom. The van der Waals surface area contributed by atoms with Gasteiger partial charge in [0.25, 0.3) is 0 Å². The maximum Gasteiger partial charge on any atom is 0.333 e. The zero-order valence-corrected chi connectivity index (χ0v) is 9.74. The molecule has 88 valence electrons. The average molecular weight is 229 g/mol. The molecule has 1 heterocycles. The highest BCUT2D eigenvalue weighted by Crippen LogP contribution is 2.19. The Bertz CT molecular complexity index is 462. The van der Waals surface area contributed by atoms with Crippen LogP contribution in [0.1, 0.15) is 18.5 Å². The fourth-order valence-corrected chi connectivity index (χ4v) is 1.81. The Morgan fingerprint density at radius 2 is 1.82 bits per heavy atom. The van der Waals surface area contributed by atoms with Crippen molar-refractivity contribution in [2.45, 2.75) is 13.0 Å². The number of esters is 1. The summed E-state index contributed by atoms with van der Waals surface area (Å²) in [6.45, 7) is 2.21. The molecule has 0 N–H and O–H groups in total. The van der Waals surface area contributed by atoms with Crippen molar-refractivity contribution in [1.82, 2.24) is 4.57 Å². The van der Waals surface area contributed by atoms with E-state index >= 15 is 0 Å². The van der Waals surface area contributed by atoms with E-state index < -0.39 is 6.04 Å². The number of hydrogen-bond donors (Lipinski definition) is 0. The van der Waals surface area contributed by atoms with Crippen LogP contribution >= 0.6 is 0 Å². The first-order valence-electron chi connectivity index (χ1n) is 5.67. The van der Waals surface area contributed by atoms with Gasteiger partial charge in [0.15, 0.2) is 6.04 Å². The number of hydrogen-bond acceptors (Lipinski definition) is 2. The molecular weight excluding hydrogens is 214 g/mol. The van der Waals surface area contributed by atoms with E-state index in [2.05, 4.69) is 0 Å². The van der Waals surface area contributed by atoms with Crippen LogP contribution in [0.2, 0.25) is 0 Å². The summed E-state index contributed by atoms with van der Waals surface area (Å²) >= 11 is 0. The van der Waals surface area contributed by atoms with Gasteiger partial charge in [-0.25, -0.2) is 4.79 Å². The van der Waals surface area contributed by atoms with Gasteiger partial charge in [-0.05, 0) is 24.6 Å². The van der Waals surface area contributed by atoms with Crippen molar-refractivity contribution >= 4 is 5.97 Å². The normalized spacial score (nSPS) is 12.1. The number of ether oxygens (including phenoxy) is 1. The van der Waals surface area contributed by atoms with Crippen molar-refractivity contribution in [3.63, 3.8) is 0 Å². The van der Waals surface area contributed by atoms with Crippen LogP contribution < -0.4 is 0 Å². The second-order valence-corrected chi connectivity index (χ2v) is 3.70. The highest BCUT2D eigenvalue weighted by Gasteiger charge is 2.22. The summed E-state index contributed by atoms with van der Waals surface area (Å²) < 4.78 is 6.98. The van der Waals surface area contributed by atoms with Crippen LogP contribution in [0.15, 0.2) is 54.9 Å². The number of nitrogens with zero attached hydrogens (tertiary/aromatic N) is 1. The molecule has 2 aromatic rings. The molecule has 0 radical (unpaired) electrons. The fourth-order valence-electron chi connectivity index (χ4n) is 1.81. The lowest BCUT2D eigenvalue weighted by Crippen LogP contribution is -2.22. The monoisotopic (exact) mass is 229 g/mol. The van der Waals surface area contributed by atoms with Gasteiger partial charge in [0.1, 0.15) is 0 Å².